The summed E-state index contributed by atoms with van der Waals surface area (Å²) in [6.45, 7) is 8.96. The van der Waals surface area contributed by atoms with Gasteiger partial charge in [-0.25, -0.2) is 19.9 Å². The first kappa shape index (κ1) is 96.2. The minimum Gasteiger partial charge on any atom is -0.497 e. The topological polar surface area (TPSA) is 318 Å². The zero-order valence-electron chi connectivity index (χ0n) is 81.4. The largest absolute Gasteiger partial charge is 0.497 e. The molecule has 1 aliphatic heterocycles. The summed E-state index contributed by atoms with van der Waals surface area (Å²) in [6.07, 6.45) is 24.0. The van der Waals surface area contributed by atoms with E-state index >= 15 is 0 Å². The van der Waals surface area contributed by atoms with E-state index < -0.39 is 0 Å². The molecule has 0 radical (unpaired) electrons. The monoisotopic (exact) mass is 1910 g/mol. The SMILES string of the molecule is CCCCN(c1ccc2ncc(-c3cnn(C)c3)nc2c1)c1cc(OC)cc(OC)c1C.CNC(=O)c1cc(OC)cc(N(CCN2C(=O)c3ccccc3C2=O)c2ccc3ncc(-c4cnn(C)c4)nc3c2)c1.COc1cc(OC)cc(N(Cc2ccc(C)cc2)c2ccc3ncc(-c4cnn(C)c4)nc3c2)c1.COc1cc(OC)cc(N(Cc2cccs2)c2ccc3ncc(-c4cnn(C)c4)nc3c2)c1. The fraction of sp³-hybridized carbons (Fsp3) is 0.202. The molecule has 0 saturated heterocycles. The Kier molecular flexibility index (Phi) is 29.4. The van der Waals surface area contributed by atoms with Gasteiger partial charge in [0.15, 0.2) is 0 Å². The van der Waals surface area contributed by atoms with E-state index in [1.807, 2.05) is 137 Å². The number of carbonyl (C=O) groups is 3. The molecule has 0 aliphatic carbocycles. The number of nitrogens with one attached hydrogen (secondary N) is 1. The van der Waals surface area contributed by atoms with Crippen LogP contribution in [-0.2, 0) is 41.3 Å². The Bertz CT molecular complexity index is 7700. The predicted molar refractivity (Wildman–Crippen MR) is 555 cm³/mol. The summed E-state index contributed by atoms with van der Waals surface area (Å²) in [5.74, 6) is 4.04. The lowest BCUT2D eigenvalue weighted by molar-refractivity contribution is 0.0658. The third kappa shape index (κ3) is 21.9. The minimum absolute atomic E-state index is 0.109. The molecule has 142 heavy (non-hydrogen) atoms. The quantitative estimate of drug-likeness (QED) is 0.0409. The Morgan fingerprint density at radius 2 is 0.768 bits per heavy atom. The molecule has 0 saturated carbocycles. The van der Waals surface area contributed by atoms with Gasteiger partial charge < -0.3 is 58.1 Å². The van der Waals surface area contributed by atoms with Gasteiger partial charge in [0.2, 0.25) is 0 Å². The van der Waals surface area contributed by atoms with E-state index in [2.05, 4.69) is 165 Å². The molecular formula is C109H106N22O10S. The van der Waals surface area contributed by atoms with E-state index in [-0.39, 0.29) is 30.8 Å². The molecule has 32 nitrogen and oxygen atoms in total. The van der Waals surface area contributed by atoms with E-state index in [9.17, 15) is 14.4 Å². The molecule has 10 heterocycles. The molecule has 1 N–H and O–H groups in total. The number of rotatable bonds is 30. The van der Waals surface area contributed by atoms with Gasteiger partial charge in [0.05, 0.1) is 190 Å². The van der Waals surface area contributed by atoms with Crippen LogP contribution in [0.3, 0.4) is 0 Å². The van der Waals surface area contributed by atoms with Crippen molar-refractivity contribution < 1.29 is 47.5 Å². The number of carbonyl (C=O) groups excluding carboxylic acids is 3. The fourth-order valence-electron chi connectivity index (χ4n) is 16.6. The molecule has 0 fully saturated rings. The van der Waals surface area contributed by atoms with E-state index in [4.69, 9.17) is 53.1 Å². The third-order valence-electron chi connectivity index (χ3n) is 24.1. The van der Waals surface area contributed by atoms with Crippen LogP contribution >= 0.6 is 11.3 Å². The lowest BCUT2D eigenvalue weighted by atomic mass is 10.1. The molecular weight excluding hydrogens is 1810 g/mol. The summed E-state index contributed by atoms with van der Waals surface area (Å²) in [7, 11) is 20.6. The van der Waals surface area contributed by atoms with Crippen LogP contribution in [0.25, 0.3) is 89.2 Å². The molecule has 3 amide bonds. The number of imide groups is 1. The number of thiophene rings is 1. The molecule has 1 aliphatic rings. The number of hydrogen-bond donors (Lipinski definition) is 1. The van der Waals surface area contributed by atoms with Crippen molar-refractivity contribution in [2.75, 3.05) is 96.1 Å². The maximum absolute atomic E-state index is 13.1. The molecule has 0 atom stereocenters. The van der Waals surface area contributed by atoms with Gasteiger partial charge in [0, 0.05) is 219 Å². The maximum Gasteiger partial charge on any atom is 0.261 e. The number of unbranched alkanes of at least 4 members (excludes halogenated alkanes) is 1. The highest BCUT2D eigenvalue weighted by molar-refractivity contribution is 7.09. The number of aryl methyl sites for hydroxylation is 5. The molecule has 19 aromatic rings. The van der Waals surface area contributed by atoms with Crippen LogP contribution in [0.4, 0.5) is 45.5 Å². The van der Waals surface area contributed by atoms with E-state index in [0.29, 0.717) is 57.9 Å². The number of benzene rings is 10. The average Bonchev–Trinajstić information content (AvgIpc) is 1.39. The van der Waals surface area contributed by atoms with Gasteiger partial charge in [-0.1, -0.05) is 61.4 Å². The van der Waals surface area contributed by atoms with Gasteiger partial charge in [-0.3, -0.25) is 57.9 Å². The molecule has 20 rings (SSSR count). The summed E-state index contributed by atoms with van der Waals surface area (Å²) in [5, 5.41) is 21.7. The second kappa shape index (κ2) is 43.5. The summed E-state index contributed by atoms with van der Waals surface area (Å²) in [4.78, 5) is 87.9. The van der Waals surface area contributed by atoms with Crippen molar-refractivity contribution in [3.05, 3.63) is 318 Å². The van der Waals surface area contributed by atoms with Crippen molar-refractivity contribution in [3.8, 4) is 85.3 Å². The lowest BCUT2D eigenvalue weighted by Gasteiger charge is -2.28. The van der Waals surface area contributed by atoms with E-state index in [0.717, 1.165) is 172 Å². The van der Waals surface area contributed by atoms with Crippen LogP contribution in [0.1, 0.15) is 72.4 Å². The number of aromatic nitrogens is 16. The van der Waals surface area contributed by atoms with Crippen molar-refractivity contribution in [2.24, 2.45) is 28.2 Å². The molecule has 718 valence electrons. The minimum atomic E-state index is -0.335. The smallest absolute Gasteiger partial charge is 0.261 e. The normalized spacial score (nSPS) is 11.4. The first-order chi connectivity index (χ1) is 69.0. The fourth-order valence-corrected chi connectivity index (χ4v) is 17.3. The van der Waals surface area contributed by atoms with Crippen molar-refractivity contribution in [1.82, 2.24) is 89.2 Å². The second-order valence-corrected chi connectivity index (χ2v) is 34.7. The predicted octanol–water partition coefficient (Wildman–Crippen LogP) is 20.3. The van der Waals surface area contributed by atoms with Crippen LogP contribution in [-0.4, -0.2) is 178 Å². The van der Waals surface area contributed by atoms with Crippen LogP contribution in [0.2, 0.25) is 0 Å². The number of fused-ring (bicyclic) bond motifs is 5. The summed E-state index contributed by atoms with van der Waals surface area (Å²) in [5.41, 5.74) is 25.1. The highest BCUT2D eigenvalue weighted by Gasteiger charge is 2.36. The molecule has 9 aromatic heterocycles. The average molecular weight is 1920 g/mol. The number of hydrogen-bond acceptors (Lipinski definition) is 27. The highest BCUT2D eigenvalue weighted by atomic mass is 32.1. The molecule has 10 aromatic carbocycles. The number of ether oxygens (including phenoxy) is 7. The van der Waals surface area contributed by atoms with Gasteiger partial charge in [0.25, 0.3) is 17.7 Å². The first-order valence-corrected chi connectivity index (χ1v) is 46.7. The first-order valence-electron chi connectivity index (χ1n) is 45.8. The van der Waals surface area contributed by atoms with E-state index in [1.165, 1.54) is 28.0 Å². The zero-order valence-corrected chi connectivity index (χ0v) is 82.2. The lowest BCUT2D eigenvalue weighted by Crippen LogP contribution is -2.37. The summed E-state index contributed by atoms with van der Waals surface area (Å²) >= 11 is 1.72. The van der Waals surface area contributed by atoms with Crippen molar-refractivity contribution in [3.63, 3.8) is 0 Å². The van der Waals surface area contributed by atoms with Crippen molar-refractivity contribution >= 4 is 119 Å². The Labute approximate surface area is 825 Å². The number of nitrogens with zero attached hydrogens (tertiary/aromatic N) is 21. The van der Waals surface area contributed by atoms with Gasteiger partial charge in [-0.15, -0.1) is 11.3 Å². The van der Waals surface area contributed by atoms with Gasteiger partial charge >= 0.3 is 0 Å². The Hall–Kier alpha value is -17.5. The zero-order chi connectivity index (χ0) is 99.2. The summed E-state index contributed by atoms with van der Waals surface area (Å²) < 4.78 is 45.8. The van der Waals surface area contributed by atoms with E-state index in [1.54, 1.807) is 172 Å². The Balaban J connectivity index is 0.000000131. The van der Waals surface area contributed by atoms with Crippen LogP contribution < -0.4 is 58.1 Å². The van der Waals surface area contributed by atoms with Gasteiger partial charge in [-0.2, -0.15) is 20.4 Å². The molecule has 0 bridgehead atoms. The molecule has 0 spiro atoms. The summed E-state index contributed by atoms with van der Waals surface area (Å²) in [6, 6.07) is 64.7. The Morgan fingerprint density at radius 3 is 1.14 bits per heavy atom. The number of amides is 3. The van der Waals surface area contributed by atoms with Crippen LogP contribution in [0.15, 0.2) is 280 Å². The Morgan fingerprint density at radius 1 is 0.380 bits per heavy atom. The van der Waals surface area contributed by atoms with Gasteiger partial charge in [0.1, 0.15) is 40.2 Å². The van der Waals surface area contributed by atoms with Gasteiger partial charge in [-0.05, 0) is 134 Å². The van der Waals surface area contributed by atoms with Crippen LogP contribution in [0.5, 0.6) is 40.2 Å². The second-order valence-electron chi connectivity index (χ2n) is 33.6. The molecule has 0 unspecified atom stereocenters. The van der Waals surface area contributed by atoms with Crippen molar-refractivity contribution in [2.45, 2.75) is 46.7 Å². The van der Waals surface area contributed by atoms with Crippen LogP contribution in [0, 0.1) is 13.8 Å². The third-order valence-corrected chi connectivity index (χ3v) is 25.0. The highest BCUT2D eigenvalue weighted by Crippen LogP contribution is 2.43. The maximum atomic E-state index is 13.1. The number of anilines is 8. The molecule has 33 heteroatoms. The number of methoxy groups -OCH3 is 7. The standard InChI is InChI=1S/C31H27N7O4.C28H27N5O2.C25H23N5O2S.C25H29N5O2/c1-32-29(39)19-12-22(14-23(13-19)42-3)37(10-11-38-30(40)24-6-4-5-7-25(24)31(38)41)21-8-9-26-27(15-21)35-28(17-33-26)20-16-34-36(2)18-20;1-19-5-7-20(8-6-19)17-33(23-11-24(34-3)14-25(12-23)35-4)22-9-10-26-27(13-22)31-28(16-29-26)21-15-30-32(2)18-21;1-29-15-17(13-27-29)25-14-26-23-7-6-18(11-24(23)28-25)30(16-22-5-4-8-33-22)19-9-20(31-2)12-21(10-19)32-3;1-6-7-10-30(24-12-20(31-4)13-25(32-5)17(24)2)19-8-9-21-22(11-19)28-23(15-26-21)18-14-27-29(3)16-18/h4-9,12-18H,10-11H2,1-3H3,(H,32,39);5-16,18H,17H2,1-4H3;4-15H,16H2,1-3H3;8-9,11-16H,6-7,10H2,1-5H3. The van der Waals surface area contributed by atoms with Crippen molar-refractivity contribution in [1.29, 1.82) is 0 Å².